The molecule has 7 heteroatoms. The van der Waals surface area contributed by atoms with Crippen LogP contribution >= 0.6 is 0 Å². The molecule has 0 spiro atoms. The fraction of sp³-hybridized carbons (Fsp3) is 0.350. The number of carbonyl (C=O) groups is 1. The maximum Gasteiger partial charge on any atom is 0.241 e. The molecule has 2 rings (SSSR count). The van der Waals surface area contributed by atoms with Crippen molar-refractivity contribution in [1.82, 2.24) is 5.32 Å². The van der Waals surface area contributed by atoms with Crippen molar-refractivity contribution >= 4 is 21.6 Å². The highest BCUT2D eigenvalue weighted by atomic mass is 32.2. The summed E-state index contributed by atoms with van der Waals surface area (Å²) in [5.74, 6) is 0.394. The van der Waals surface area contributed by atoms with Crippen molar-refractivity contribution in [2.45, 2.75) is 26.8 Å². The predicted molar refractivity (Wildman–Crippen MR) is 108 cm³/mol. The number of anilines is 1. The number of nitrogens with zero attached hydrogens (tertiary/aromatic N) is 1. The SMILES string of the molecule is CCOc1ccc([C@@H](C)NC(=O)CN(c2cccc(C)c2)S(C)(=O)=O)cc1. The molecule has 0 heterocycles. The Morgan fingerprint density at radius 2 is 1.85 bits per heavy atom. The summed E-state index contributed by atoms with van der Waals surface area (Å²) in [5.41, 5.74) is 2.30. The Morgan fingerprint density at radius 1 is 1.19 bits per heavy atom. The maximum absolute atomic E-state index is 12.5. The number of benzene rings is 2. The summed E-state index contributed by atoms with van der Waals surface area (Å²) >= 11 is 0. The number of aryl methyl sites for hydroxylation is 1. The lowest BCUT2D eigenvalue weighted by Gasteiger charge is -2.23. The summed E-state index contributed by atoms with van der Waals surface area (Å²) in [6.45, 7) is 5.96. The van der Waals surface area contributed by atoms with Gasteiger partial charge in [0.15, 0.2) is 0 Å². The zero-order valence-corrected chi connectivity index (χ0v) is 16.9. The van der Waals surface area contributed by atoms with E-state index < -0.39 is 10.0 Å². The third-order valence-electron chi connectivity index (χ3n) is 4.05. The zero-order chi connectivity index (χ0) is 20.0. The Morgan fingerprint density at radius 3 is 2.41 bits per heavy atom. The van der Waals surface area contributed by atoms with Crippen LogP contribution in [0.2, 0.25) is 0 Å². The normalized spacial score (nSPS) is 12.3. The van der Waals surface area contributed by atoms with Gasteiger partial charge in [-0.3, -0.25) is 9.10 Å². The lowest BCUT2D eigenvalue weighted by molar-refractivity contribution is -0.120. The van der Waals surface area contributed by atoms with E-state index in [1.54, 1.807) is 18.2 Å². The van der Waals surface area contributed by atoms with Crippen LogP contribution < -0.4 is 14.4 Å². The molecule has 0 bridgehead atoms. The molecule has 0 aliphatic carbocycles. The van der Waals surface area contributed by atoms with Gasteiger partial charge >= 0.3 is 0 Å². The van der Waals surface area contributed by atoms with Gasteiger partial charge in [-0.1, -0.05) is 24.3 Å². The second-order valence-electron chi connectivity index (χ2n) is 6.40. The summed E-state index contributed by atoms with van der Waals surface area (Å²) in [7, 11) is -3.59. The Hall–Kier alpha value is -2.54. The Bertz CT molecular complexity index is 879. The molecule has 1 atom stereocenters. The van der Waals surface area contributed by atoms with Gasteiger partial charge in [0.25, 0.3) is 0 Å². The molecule has 0 aliphatic heterocycles. The van der Waals surface area contributed by atoms with Gasteiger partial charge in [-0.2, -0.15) is 0 Å². The van der Waals surface area contributed by atoms with Crippen LogP contribution in [-0.2, 0) is 14.8 Å². The van der Waals surface area contributed by atoms with Gasteiger partial charge in [0.1, 0.15) is 12.3 Å². The molecular formula is C20H26N2O4S. The van der Waals surface area contributed by atoms with Crippen LogP contribution in [0.3, 0.4) is 0 Å². The number of ether oxygens (including phenoxy) is 1. The van der Waals surface area contributed by atoms with Crippen LogP contribution in [0.5, 0.6) is 5.75 Å². The average Bonchev–Trinajstić information content (AvgIpc) is 2.59. The maximum atomic E-state index is 12.5. The Balaban J connectivity index is 2.09. The summed E-state index contributed by atoms with van der Waals surface area (Å²) < 4.78 is 30.9. The third-order valence-corrected chi connectivity index (χ3v) is 5.19. The minimum absolute atomic E-state index is 0.257. The van der Waals surface area contributed by atoms with Gasteiger partial charge in [0.2, 0.25) is 15.9 Å². The Labute approximate surface area is 161 Å². The van der Waals surface area contributed by atoms with Crippen molar-refractivity contribution in [2.24, 2.45) is 0 Å². The summed E-state index contributed by atoms with van der Waals surface area (Å²) in [5, 5.41) is 2.85. The smallest absolute Gasteiger partial charge is 0.241 e. The second-order valence-corrected chi connectivity index (χ2v) is 8.31. The van der Waals surface area contributed by atoms with E-state index in [-0.39, 0.29) is 18.5 Å². The first kappa shape index (κ1) is 20.8. The number of amides is 1. The zero-order valence-electron chi connectivity index (χ0n) is 16.1. The average molecular weight is 391 g/mol. The van der Waals surface area contributed by atoms with Gasteiger partial charge in [0, 0.05) is 0 Å². The lowest BCUT2D eigenvalue weighted by atomic mass is 10.1. The fourth-order valence-electron chi connectivity index (χ4n) is 2.70. The molecule has 0 aliphatic rings. The first-order valence-corrected chi connectivity index (χ1v) is 10.6. The Kier molecular flexibility index (Phi) is 6.85. The topological polar surface area (TPSA) is 75.7 Å². The second kappa shape index (κ2) is 8.90. The third kappa shape index (κ3) is 5.99. The van der Waals surface area contributed by atoms with E-state index in [2.05, 4.69) is 5.32 Å². The molecule has 6 nitrogen and oxygen atoms in total. The lowest BCUT2D eigenvalue weighted by Crippen LogP contribution is -2.41. The molecule has 2 aromatic rings. The highest BCUT2D eigenvalue weighted by Crippen LogP contribution is 2.20. The van der Waals surface area contributed by atoms with Crippen LogP contribution in [0.15, 0.2) is 48.5 Å². The predicted octanol–water partition coefficient (Wildman–Crippen LogP) is 3.04. The summed E-state index contributed by atoms with van der Waals surface area (Å²) in [6.07, 6.45) is 1.10. The standard InChI is InChI=1S/C20H26N2O4S/c1-5-26-19-11-9-17(10-12-19)16(3)21-20(23)14-22(27(4,24)25)18-8-6-7-15(2)13-18/h6-13,16H,5,14H2,1-4H3,(H,21,23)/t16-/m1/s1. The molecule has 1 amide bonds. The van der Waals surface area contributed by atoms with Gasteiger partial charge in [0.05, 0.1) is 24.6 Å². The van der Waals surface area contributed by atoms with Crippen LogP contribution in [0.25, 0.3) is 0 Å². The molecule has 0 unspecified atom stereocenters. The molecule has 146 valence electrons. The van der Waals surface area contributed by atoms with Gasteiger partial charge < -0.3 is 10.1 Å². The minimum Gasteiger partial charge on any atom is -0.494 e. The van der Waals surface area contributed by atoms with Crippen molar-refractivity contribution in [1.29, 1.82) is 0 Å². The summed E-state index contributed by atoms with van der Waals surface area (Å²) in [6, 6.07) is 14.2. The summed E-state index contributed by atoms with van der Waals surface area (Å²) in [4.78, 5) is 12.5. The van der Waals surface area contributed by atoms with Gasteiger partial charge in [-0.15, -0.1) is 0 Å². The van der Waals surface area contributed by atoms with E-state index in [0.717, 1.165) is 27.4 Å². The molecule has 0 saturated heterocycles. The first-order valence-electron chi connectivity index (χ1n) is 8.77. The number of sulfonamides is 1. The first-order chi connectivity index (χ1) is 12.7. The number of nitrogens with one attached hydrogen (secondary N) is 1. The minimum atomic E-state index is -3.59. The van der Waals surface area contributed by atoms with E-state index in [9.17, 15) is 13.2 Å². The van der Waals surface area contributed by atoms with Gasteiger partial charge in [-0.25, -0.2) is 8.42 Å². The van der Waals surface area contributed by atoms with Crippen molar-refractivity contribution in [3.8, 4) is 5.75 Å². The molecular weight excluding hydrogens is 364 g/mol. The van der Waals surface area contributed by atoms with Crippen LogP contribution in [-0.4, -0.2) is 33.7 Å². The van der Waals surface area contributed by atoms with Crippen LogP contribution in [0.1, 0.15) is 31.0 Å². The molecule has 0 fully saturated rings. The molecule has 2 aromatic carbocycles. The highest BCUT2D eigenvalue weighted by Gasteiger charge is 2.22. The van der Waals surface area contributed by atoms with Crippen molar-refractivity contribution in [2.75, 3.05) is 23.7 Å². The highest BCUT2D eigenvalue weighted by molar-refractivity contribution is 7.92. The number of rotatable bonds is 8. The van der Waals surface area contributed by atoms with E-state index >= 15 is 0 Å². The van der Waals surface area contributed by atoms with Crippen molar-refractivity contribution in [3.63, 3.8) is 0 Å². The van der Waals surface area contributed by atoms with E-state index in [1.807, 2.05) is 51.1 Å². The van der Waals surface area contributed by atoms with E-state index in [0.29, 0.717) is 12.3 Å². The van der Waals surface area contributed by atoms with Crippen LogP contribution in [0.4, 0.5) is 5.69 Å². The van der Waals surface area contributed by atoms with E-state index in [1.165, 1.54) is 0 Å². The quantitative estimate of drug-likeness (QED) is 0.752. The molecule has 1 N–H and O–H groups in total. The van der Waals surface area contributed by atoms with Gasteiger partial charge in [-0.05, 0) is 56.2 Å². The van der Waals surface area contributed by atoms with Crippen LogP contribution in [0, 0.1) is 6.92 Å². The molecule has 0 aromatic heterocycles. The van der Waals surface area contributed by atoms with E-state index in [4.69, 9.17) is 4.74 Å². The largest absolute Gasteiger partial charge is 0.494 e. The number of hydrogen-bond donors (Lipinski definition) is 1. The molecule has 0 saturated carbocycles. The fourth-order valence-corrected chi connectivity index (χ4v) is 3.55. The monoisotopic (exact) mass is 390 g/mol. The van der Waals surface area contributed by atoms with Crippen molar-refractivity contribution < 1.29 is 17.9 Å². The molecule has 27 heavy (non-hydrogen) atoms. The number of carbonyl (C=O) groups excluding carboxylic acids is 1. The molecule has 0 radical (unpaired) electrons. The number of hydrogen-bond acceptors (Lipinski definition) is 4. The van der Waals surface area contributed by atoms with Crippen molar-refractivity contribution in [3.05, 3.63) is 59.7 Å².